The summed E-state index contributed by atoms with van der Waals surface area (Å²) in [4.78, 5) is 13.0. The van der Waals surface area contributed by atoms with Crippen molar-refractivity contribution in [3.8, 4) is 5.75 Å². The van der Waals surface area contributed by atoms with Crippen LogP contribution >= 0.6 is 0 Å². The van der Waals surface area contributed by atoms with Crippen molar-refractivity contribution in [1.29, 1.82) is 0 Å². The number of ether oxygens (including phenoxy) is 1. The van der Waals surface area contributed by atoms with Gasteiger partial charge in [0.05, 0.1) is 12.0 Å². The second-order valence-corrected chi connectivity index (χ2v) is 9.79. The third-order valence-corrected chi connectivity index (χ3v) is 7.71. The maximum Gasteiger partial charge on any atom is 0.228 e. The summed E-state index contributed by atoms with van der Waals surface area (Å²) in [5.74, 6) is 0.748. The standard InChI is InChI=1S/C24H26N2O4S/c1-16-17(2)26(15-18-7-5-4-6-8-18)23(25-24(27)19-9-10-19)22(16)31(28,29)21-13-11-20(30-3)12-14-21/h4-8,11-14,19H,9-10,15H2,1-3H3,(H,25,27). The first-order valence-corrected chi connectivity index (χ1v) is 11.7. The summed E-state index contributed by atoms with van der Waals surface area (Å²) in [5.41, 5.74) is 2.47. The molecule has 0 saturated heterocycles. The Morgan fingerprint density at radius 1 is 1.06 bits per heavy atom. The quantitative estimate of drug-likeness (QED) is 0.595. The molecule has 0 radical (unpaired) electrons. The van der Waals surface area contributed by atoms with E-state index in [9.17, 15) is 13.2 Å². The van der Waals surface area contributed by atoms with Crippen molar-refractivity contribution in [2.24, 2.45) is 5.92 Å². The minimum Gasteiger partial charge on any atom is -0.497 e. The molecule has 1 amide bonds. The fourth-order valence-corrected chi connectivity index (χ4v) is 5.38. The van der Waals surface area contributed by atoms with Crippen molar-refractivity contribution in [2.75, 3.05) is 12.4 Å². The predicted molar refractivity (Wildman–Crippen MR) is 119 cm³/mol. The minimum absolute atomic E-state index is 0.0442. The van der Waals surface area contributed by atoms with E-state index in [1.807, 2.05) is 41.8 Å². The van der Waals surface area contributed by atoms with Crippen LogP contribution in [0, 0.1) is 19.8 Å². The molecule has 1 heterocycles. The summed E-state index contributed by atoms with van der Waals surface area (Å²) in [6.07, 6.45) is 1.67. The number of amides is 1. The van der Waals surface area contributed by atoms with Gasteiger partial charge in [-0.3, -0.25) is 4.79 Å². The number of carbonyl (C=O) groups is 1. The van der Waals surface area contributed by atoms with E-state index < -0.39 is 9.84 Å². The molecule has 1 saturated carbocycles. The van der Waals surface area contributed by atoms with Crippen molar-refractivity contribution in [3.63, 3.8) is 0 Å². The highest BCUT2D eigenvalue weighted by Crippen LogP contribution is 2.38. The van der Waals surface area contributed by atoms with E-state index in [1.54, 1.807) is 19.1 Å². The topological polar surface area (TPSA) is 77.4 Å². The highest BCUT2D eigenvalue weighted by atomic mass is 32.2. The monoisotopic (exact) mass is 438 g/mol. The predicted octanol–water partition coefficient (Wildman–Crippen LogP) is 4.34. The van der Waals surface area contributed by atoms with Crippen LogP contribution in [-0.2, 0) is 21.2 Å². The highest BCUT2D eigenvalue weighted by Gasteiger charge is 2.34. The molecule has 1 aliphatic rings. The maximum absolute atomic E-state index is 13.7. The molecule has 6 nitrogen and oxygen atoms in total. The number of anilines is 1. The molecule has 0 spiro atoms. The molecule has 1 fully saturated rings. The largest absolute Gasteiger partial charge is 0.497 e. The smallest absolute Gasteiger partial charge is 0.228 e. The number of aromatic nitrogens is 1. The van der Waals surface area contributed by atoms with E-state index in [4.69, 9.17) is 4.74 Å². The van der Waals surface area contributed by atoms with E-state index in [0.717, 1.165) is 24.1 Å². The number of nitrogens with zero attached hydrogens (tertiary/aromatic N) is 1. The number of hydrogen-bond donors (Lipinski definition) is 1. The molecule has 162 valence electrons. The lowest BCUT2D eigenvalue weighted by molar-refractivity contribution is -0.117. The molecular weight excluding hydrogens is 412 g/mol. The Balaban J connectivity index is 1.85. The molecule has 0 aliphatic heterocycles. The van der Waals surface area contributed by atoms with E-state index in [2.05, 4.69) is 5.32 Å². The Labute approximate surface area is 182 Å². The molecule has 7 heteroatoms. The van der Waals surface area contributed by atoms with Gasteiger partial charge in [0.2, 0.25) is 15.7 Å². The van der Waals surface area contributed by atoms with Crippen LogP contribution < -0.4 is 10.1 Å². The average Bonchev–Trinajstić information content (AvgIpc) is 3.59. The van der Waals surface area contributed by atoms with Gasteiger partial charge in [-0.05, 0) is 62.1 Å². The number of methoxy groups -OCH3 is 1. The Hall–Kier alpha value is -3.06. The molecule has 0 unspecified atom stereocenters. The SMILES string of the molecule is COc1ccc(S(=O)(=O)c2c(C)c(C)n(Cc3ccccc3)c2NC(=O)C2CC2)cc1. The zero-order valence-corrected chi connectivity index (χ0v) is 18.7. The molecule has 1 N–H and O–H groups in total. The first-order chi connectivity index (χ1) is 14.8. The van der Waals surface area contributed by atoms with E-state index in [1.165, 1.54) is 19.2 Å². The molecule has 1 aliphatic carbocycles. The van der Waals surface area contributed by atoms with Gasteiger partial charge in [0, 0.05) is 18.2 Å². The number of nitrogens with one attached hydrogen (secondary N) is 1. The fourth-order valence-electron chi connectivity index (χ4n) is 3.69. The summed E-state index contributed by atoms with van der Waals surface area (Å²) in [6, 6.07) is 16.1. The lowest BCUT2D eigenvalue weighted by Crippen LogP contribution is -2.19. The minimum atomic E-state index is -3.86. The van der Waals surface area contributed by atoms with Crippen LogP contribution in [0.3, 0.4) is 0 Å². The second kappa shape index (κ2) is 8.23. The van der Waals surface area contributed by atoms with Gasteiger partial charge in [0.15, 0.2) is 0 Å². The molecule has 0 bridgehead atoms. The molecule has 0 atom stereocenters. The van der Waals surface area contributed by atoms with Crippen LogP contribution in [0.5, 0.6) is 5.75 Å². The van der Waals surface area contributed by atoms with Crippen molar-refractivity contribution in [2.45, 2.75) is 43.0 Å². The van der Waals surface area contributed by atoms with Gasteiger partial charge in [0.25, 0.3) is 0 Å². The number of sulfone groups is 1. The fraction of sp³-hybridized carbons (Fsp3) is 0.292. The van der Waals surface area contributed by atoms with Crippen molar-refractivity contribution in [1.82, 2.24) is 4.57 Å². The van der Waals surface area contributed by atoms with Gasteiger partial charge in [-0.25, -0.2) is 8.42 Å². The van der Waals surface area contributed by atoms with Crippen LogP contribution in [0.1, 0.15) is 29.7 Å². The van der Waals surface area contributed by atoms with Gasteiger partial charge < -0.3 is 14.6 Å². The van der Waals surface area contributed by atoms with Crippen LogP contribution in [0.4, 0.5) is 5.82 Å². The van der Waals surface area contributed by atoms with Crippen molar-refractivity contribution in [3.05, 3.63) is 71.4 Å². The van der Waals surface area contributed by atoms with Crippen molar-refractivity contribution >= 4 is 21.6 Å². The first-order valence-electron chi connectivity index (χ1n) is 10.3. The molecule has 1 aromatic heterocycles. The number of carbonyl (C=O) groups excluding carboxylic acids is 1. The summed E-state index contributed by atoms with van der Waals surface area (Å²) in [7, 11) is -2.33. The van der Waals surface area contributed by atoms with E-state index in [-0.39, 0.29) is 21.6 Å². The maximum atomic E-state index is 13.7. The van der Waals surface area contributed by atoms with Gasteiger partial charge in [-0.1, -0.05) is 30.3 Å². The highest BCUT2D eigenvalue weighted by molar-refractivity contribution is 7.91. The molecular formula is C24H26N2O4S. The number of rotatable bonds is 7. The van der Waals surface area contributed by atoms with Gasteiger partial charge in [-0.2, -0.15) is 0 Å². The number of hydrogen-bond acceptors (Lipinski definition) is 4. The Bertz CT molecular complexity index is 1210. The molecule has 4 rings (SSSR count). The van der Waals surface area contributed by atoms with E-state index >= 15 is 0 Å². The van der Waals surface area contributed by atoms with Crippen LogP contribution in [0.2, 0.25) is 0 Å². The van der Waals surface area contributed by atoms with Crippen LogP contribution in [0.25, 0.3) is 0 Å². The molecule has 31 heavy (non-hydrogen) atoms. The third kappa shape index (κ3) is 4.10. The lowest BCUT2D eigenvalue weighted by Gasteiger charge is -2.15. The summed E-state index contributed by atoms with van der Waals surface area (Å²) in [5, 5.41) is 2.94. The first kappa shape index (κ1) is 21.2. The van der Waals surface area contributed by atoms with Gasteiger partial charge >= 0.3 is 0 Å². The Morgan fingerprint density at radius 3 is 2.29 bits per heavy atom. The third-order valence-electron chi connectivity index (χ3n) is 5.78. The van der Waals surface area contributed by atoms with Gasteiger partial charge in [-0.15, -0.1) is 0 Å². The average molecular weight is 439 g/mol. The Morgan fingerprint density at radius 2 is 1.71 bits per heavy atom. The van der Waals surface area contributed by atoms with Gasteiger partial charge in [0.1, 0.15) is 16.5 Å². The summed E-state index contributed by atoms with van der Waals surface area (Å²) < 4.78 is 34.4. The van der Waals surface area contributed by atoms with Crippen molar-refractivity contribution < 1.29 is 17.9 Å². The summed E-state index contributed by atoms with van der Waals surface area (Å²) >= 11 is 0. The lowest BCUT2D eigenvalue weighted by atomic mass is 10.2. The van der Waals surface area contributed by atoms with Crippen LogP contribution in [-0.4, -0.2) is 26.0 Å². The Kier molecular flexibility index (Phi) is 5.62. The number of benzene rings is 2. The zero-order valence-electron chi connectivity index (χ0n) is 17.9. The van der Waals surface area contributed by atoms with Crippen LogP contribution in [0.15, 0.2) is 64.4 Å². The molecule has 3 aromatic rings. The second-order valence-electron chi connectivity index (χ2n) is 7.90. The summed E-state index contributed by atoms with van der Waals surface area (Å²) in [6.45, 7) is 4.14. The molecule has 2 aromatic carbocycles. The zero-order chi connectivity index (χ0) is 22.2. The van der Waals surface area contributed by atoms with E-state index in [0.29, 0.717) is 23.7 Å². The normalized spacial score (nSPS) is 13.8.